The minimum atomic E-state index is -0.517. The lowest BCUT2D eigenvalue weighted by molar-refractivity contribution is -0.118. The van der Waals surface area contributed by atoms with Crippen LogP contribution in [-0.2, 0) is 4.79 Å². The van der Waals surface area contributed by atoms with Gasteiger partial charge >= 0.3 is 0 Å². The summed E-state index contributed by atoms with van der Waals surface area (Å²) in [5.74, 6) is 0.678. The van der Waals surface area contributed by atoms with Crippen LogP contribution in [-0.4, -0.2) is 27.3 Å². The Morgan fingerprint density at radius 2 is 1.70 bits per heavy atom. The molecule has 7 nitrogen and oxygen atoms in total. The molecule has 150 valence electrons. The van der Waals surface area contributed by atoms with Gasteiger partial charge in [0.15, 0.2) is 24.0 Å². The monoisotopic (exact) mass is 404 g/mol. The second-order valence-corrected chi connectivity index (χ2v) is 6.21. The van der Waals surface area contributed by atoms with Gasteiger partial charge in [0.05, 0.1) is 0 Å². The van der Waals surface area contributed by atoms with Gasteiger partial charge in [-0.05, 0) is 54.6 Å². The van der Waals surface area contributed by atoms with Crippen molar-refractivity contribution < 1.29 is 18.7 Å². The molecule has 2 aromatic carbocycles. The first-order valence-corrected chi connectivity index (χ1v) is 9.09. The van der Waals surface area contributed by atoms with Gasteiger partial charge in [0.25, 0.3) is 5.91 Å². The number of hydrogen-bond acceptors (Lipinski definition) is 5. The van der Waals surface area contributed by atoms with Gasteiger partial charge in [0, 0.05) is 24.1 Å². The maximum Gasteiger partial charge on any atom is 0.262 e. The van der Waals surface area contributed by atoms with E-state index in [1.165, 1.54) is 12.1 Å². The van der Waals surface area contributed by atoms with Crippen molar-refractivity contribution in [1.29, 1.82) is 0 Å². The predicted molar refractivity (Wildman–Crippen MR) is 108 cm³/mol. The van der Waals surface area contributed by atoms with E-state index in [-0.39, 0.29) is 12.4 Å². The van der Waals surface area contributed by atoms with Gasteiger partial charge in [-0.15, -0.1) is 10.2 Å². The number of hydrogen-bond donors (Lipinski definition) is 1. The summed E-state index contributed by atoms with van der Waals surface area (Å²) in [6.07, 6.45) is 3.75. The molecule has 2 aromatic heterocycles. The average Bonchev–Trinajstić information content (AvgIpc) is 3.30. The van der Waals surface area contributed by atoms with Crippen molar-refractivity contribution in [3.8, 4) is 23.2 Å². The third-order valence-electron chi connectivity index (χ3n) is 4.05. The van der Waals surface area contributed by atoms with E-state index in [4.69, 9.17) is 9.47 Å². The summed E-state index contributed by atoms with van der Waals surface area (Å²) in [6, 6.07) is 20.0. The number of nitrogens with one attached hydrogen (secondary N) is 1. The van der Waals surface area contributed by atoms with E-state index in [0.717, 1.165) is 0 Å². The van der Waals surface area contributed by atoms with Crippen molar-refractivity contribution in [1.82, 2.24) is 14.8 Å². The van der Waals surface area contributed by atoms with E-state index in [9.17, 15) is 9.18 Å². The molecule has 1 amide bonds. The van der Waals surface area contributed by atoms with Crippen LogP contribution >= 0.6 is 0 Å². The number of carbonyl (C=O) groups excluding carboxylic acids is 1. The van der Waals surface area contributed by atoms with Gasteiger partial charge in [-0.1, -0.05) is 12.1 Å². The van der Waals surface area contributed by atoms with Gasteiger partial charge in [-0.25, -0.2) is 4.39 Å². The van der Waals surface area contributed by atoms with Crippen LogP contribution in [0.25, 0.3) is 5.82 Å². The van der Waals surface area contributed by atoms with Crippen LogP contribution in [0.1, 0.15) is 0 Å². The van der Waals surface area contributed by atoms with Crippen molar-refractivity contribution in [2.45, 2.75) is 0 Å². The molecule has 0 unspecified atom stereocenters. The fraction of sp³-hybridized carbons (Fsp3) is 0.0455. The normalized spacial score (nSPS) is 10.4. The lowest BCUT2D eigenvalue weighted by Crippen LogP contribution is -2.20. The van der Waals surface area contributed by atoms with Crippen molar-refractivity contribution in [3.05, 3.63) is 91.0 Å². The maximum absolute atomic E-state index is 13.5. The van der Waals surface area contributed by atoms with Crippen molar-refractivity contribution in [2.24, 2.45) is 0 Å². The quantitative estimate of drug-likeness (QED) is 0.499. The van der Waals surface area contributed by atoms with E-state index in [0.29, 0.717) is 23.1 Å². The molecule has 0 fully saturated rings. The molecule has 30 heavy (non-hydrogen) atoms. The first-order chi connectivity index (χ1) is 14.7. The third-order valence-corrected chi connectivity index (χ3v) is 4.05. The molecule has 0 aliphatic carbocycles. The zero-order valence-corrected chi connectivity index (χ0v) is 15.7. The molecular formula is C22H17FN4O3. The van der Waals surface area contributed by atoms with E-state index in [1.807, 2.05) is 29.1 Å². The summed E-state index contributed by atoms with van der Waals surface area (Å²) < 4.78 is 26.2. The molecule has 2 heterocycles. The topological polar surface area (TPSA) is 78.3 Å². The zero-order valence-electron chi connectivity index (χ0n) is 15.7. The van der Waals surface area contributed by atoms with Gasteiger partial charge in [-0.3, -0.25) is 4.79 Å². The Kier molecular flexibility index (Phi) is 5.66. The number of nitrogens with zero attached hydrogens (tertiary/aromatic N) is 3. The summed E-state index contributed by atoms with van der Waals surface area (Å²) in [5, 5.41) is 10.8. The summed E-state index contributed by atoms with van der Waals surface area (Å²) in [6.45, 7) is -0.303. The van der Waals surface area contributed by atoms with Crippen LogP contribution < -0.4 is 14.8 Å². The van der Waals surface area contributed by atoms with Crippen molar-refractivity contribution in [3.63, 3.8) is 0 Å². The Hall–Kier alpha value is -4.20. The number of aromatic nitrogens is 3. The highest BCUT2D eigenvalue weighted by molar-refractivity contribution is 5.91. The Balaban J connectivity index is 1.30. The first kappa shape index (κ1) is 19.1. The minimum absolute atomic E-state index is 0.0281. The number of ether oxygens (including phenoxy) is 2. The Morgan fingerprint density at radius 3 is 2.40 bits per heavy atom. The molecule has 4 rings (SSSR count). The highest BCUT2D eigenvalue weighted by Crippen LogP contribution is 2.22. The van der Waals surface area contributed by atoms with Crippen LogP contribution in [0, 0.1) is 5.82 Å². The largest absolute Gasteiger partial charge is 0.481 e. The molecule has 0 atom stereocenters. The molecule has 0 spiro atoms. The summed E-state index contributed by atoms with van der Waals surface area (Å²) >= 11 is 0. The van der Waals surface area contributed by atoms with Crippen LogP contribution in [0.3, 0.4) is 0 Å². The number of amides is 1. The van der Waals surface area contributed by atoms with Crippen LogP contribution in [0.5, 0.6) is 17.4 Å². The molecule has 0 bridgehead atoms. The average molecular weight is 404 g/mol. The van der Waals surface area contributed by atoms with Gasteiger partial charge in [0.1, 0.15) is 5.75 Å². The lowest BCUT2D eigenvalue weighted by Gasteiger charge is -2.09. The van der Waals surface area contributed by atoms with Crippen molar-refractivity contribution >= 4 is 11.6 Å². The van der Waals surface area contributed by atoms with E-state index in [1.54, 1.807) is 48.5 Å². The SMILES string of the molecule is O=C(COc1ccccc1F)Nc1ccc(Oc2ccc(-n3cccc3)nn2)cc1. The maximum atomic E-state index is 13.5. The third kappa shape index (κ3) is 4.79. The summed E-state index contributed by atoms with van der Waals surface area (Å²) in [7, 11) is 0. The predicted octanol–water partition coefficient (Wildman–Crippen LogP) is 4.22. The number of para-hydroxylation sites is 1. The molecule has 4 aromatic rings. The molecule has 1 N–H and O–H groups in total. The van der Waals surface area contributed by atoms with Crippen molar-refractivity contribution in [2.75, 3.05) is 11.9 Å². The first-order valence-electron chi connectivity index (χ1n) is 9.09. The zero-order chi connectivity index (χ0) is 20.8. The van der Waals surface area contributed by atoms with Gasteiger partial charge in [-0.2, -0.15) is 0 Å². The second kappa shape index (κ2) is 8.87. The molecular weight excluding hydrogens is 387 g/mol. The fourth-order valence-corrected chi connectivity index (χ4v) is 2.62. The smallest absolute Gasteiger partial charge is 0.262 e. The highest BCUT2D eigenvalue weighted by Gasteiger charge is 2.07. The van der Waals surface area contributed by atoms with Crippen LogP contribution in [0.4, 0.5) is 10.1 Å². The number of rotatable bonds is 7. The molecule has 0 aliphatic rings. The molecule has 0 radical (unpaired) electrons. The van der Waals surface area contributed by atoms with Gasteiger partial charge in [0.2, 0.25) is 5.88 Å². The number of benzene rings is 2. The molecule has 0 aliphatic heterocycles. The Labute approximate surface area is 171 Å². The van der Waals surface area contributed by atoms with E-state index in [2.05, 4.69) is 15.5 Å². The summed E-state index contributed by atoms with van der Waals surface area (Å²) in [5.41, 5.74) is 0.554. The molecule has 0 saturated carbocycles. The molecule has 0 saturated heterocycles. The Bertz CT molecular complexity index is 1110. The van der Waals surface area contributed by atoms with Crippen LogP contribution in [0.2, 0.25) is 0 Å². The summed E-state index contributed by atoms with van der Waals surface area (Å²) in [4.78, 5) is 12.0. The fourth-order valence-electron chi connectivity index (χ4n) is 2.62. The second-order valence-electron chi connectivity index (χ2n) is 6.21. The standard InChI is InChI=1S/C22H17FN4O3/c23-18-5-1-2-6-19(18)29-15-21(28)24-16-7-9-17(10-8-16)30-22-12-11-20(25-26-22)27-13-3-4-14-27/h1-14H,15H2,(H,24,28). The lowest BCUT2D eigenvalue weighted by atomic mass is 10.3. The highest BCUT2D eigenvalue weighted by atomic mass is 19.1. The number of halogens is 1. The minimum Gasteiger partial charge on any atom is -0.481 e. The van der Waals surface area contributed by atoms with E-state index < -0.39 is 11.7 Å². The van der Waals surface area contributed by atoms with E-state index >= 15 is 0 Å². The number of carbonyl (C=O) groups is 1. The number of anilines is 1. The Morgan fingerprint density at radius 1 is 0.933 bits per heavy atom. The van der Waals surface area contributed by atoms with Crippen LogP contribution in [0.15, 0.2) is 85.2 Å². The van der Waals surface area contributed by atoms with Gasteiger partial charge < -0.3 is 19.4 Å². The molecule has 8 heteroatoms.